The smallest absolute Gasteiger partial charge is 0.171 e. The zero-order chi connectivity index (χ0) is 17.2. The normalized spacial score (nSPS) is 16.0. The van der Waals surface area contributed by atoms with Gasteiger partial charge in [0.05, 0.1) is 11.2 Å². The summed E-state index contributed by atoms with van der Waals surface area (Å²) in [5.41, 5.74) is 2.34. The van der Waals surface area contributed by atoms with Crippen LogP contribution in [0.25, 0.3) is 0 Å². The van der Waals surface area contributed by atoms with Crippen LogP contribution in [0.3, 0.4) is 0 Å². The van der Waals surface area contributed by atoms with Crippen LogP contribution >= 0.6 is 12.2 Å². The van der Waals surface area contributed by atoms with Gasteiger partial charge in [-0.1, -0.05) is 42.7 Å². The van der Waals surface area contributed by atoms with Gasteiger partial charge in [-0.15, -0.1) is 0 Å². The van der Waals surface area contributed by atoms with Crippen molar-refractivity contribution in [2.24, 2.45) is 0 Å². The van der Waals surface area contributed by atoms with E-state index in [9.17, 15) is 8.78 Å². The van der Waals surface area contributed by atoms with Gasteiger partial charge in [0.15, 0.2) is 5.11 Å². The number of thiocarbonyl (C=S) groups is 1. The Morgan fingerprint density at radius 1 is 1.04 bits per heavy atom. The summed E-state index contributed by atoms with van der Waals surface area (Å²) >= 11 is 5.38. The van der Waals surface area contributed by atoms with Crippen LogP contribution in [0.2, 0.25) is 0 Å². The monoisotopic (exact) mass is 346 g/mol. The topological polar surface area (TPSA) is 24.1 Å². The molecule has 2 aromatic rings. The van der Waals surface area contributed by atoms with E-state index in [2.05, 4.69) is 41.8 Å². The highest BCUT2D eigenvalue weighted by molar-refractivity contribution is 7.80. The zero-order valence-corrected chi connectivity index (χ0v) is 14.4. The van der Waals surface area contributed by atoms with Crippen molar-refractivity contribution in [2.45, 2.75) is 38.1 Å². The Balaban J connectivity index is 1.78. The molecule has 0 saturated heterocycles. The molecule has 2 aromatic carbocycles. The van der Waals surface area contributed by atoms with Crippen molar-refractivity contribution in [3.63, 3.8) is 0 Å². The SMILES string of the molecule is Cc1ccc(C2(NC(=S)Nc3ccc(F)cc3F)CCCC2)cc1. The van der Waals surface area contributed by atoms with Gasteiger partial charge in [-0.2, -0.15) is 0 Å². The molecule has 2 N–H and O–H groups in total. The van der Waals surface area contributed by atoms with Crippen molar-refractivity contribution in [3.8, 4) is 0 Å². The molecule has 1 aliphatic carbocycles. The van der Waals surface area contributed by atoms with Gasteiger partial charge in [0.1, 0.15) is 11.6 Å². The van der Waals surface area contributed by atoms with Gasteiger partial charge in [-0.25, -0.2) is 8.78 Å². The lowest BCUT2D eigenvalue weighted by molar-refractivity contribution is 0.408. The van der Waals surface area contributed by atoms with Gasteiger partial charge in [0.25, 0.3) is 0 Å². The second kappa shape index (κ2) is 6.85. The predicted molar refractivity (Wildman–Crippen MR) is 97.0 cm³/mol. The Bertz CT molecular complexity index is 738. The second-order valence-corrected chi connectivity index (χ2v) is 6.77. The van der Waals surface area contributed by atoms with Crippen LogP contribution in [0.15, 0.2) is 42.5 Å². The molecule has 0 spiro atoms. The Labute approximate surface area is 146 Å². The van der Waals surface area contributed by atoms with Crippen LogP contribution in [-0.4, -0.2) is 5.11 Å². The molecule has 24 heavy (non-hydrogen) atoms. The fourth-order valence-corrected chi connectivity index (χ4v) is 3.60. The van der Waals surface area contributed by atoms with Crippen LogP contribution in [0.4, 0.5) is 14.5 Å². The minimum atomic E-state index is -0.657. The summed E-state index contributed by atoms with van der Waals surface area (Å²) < 4.78 is 26.8. The molecule has 0 radical (unpaired) electrons. The summed E-state index contributed by atoms with van der Waals surface area (Å²) in [5.74, 6) is -1.26. The molecule has 3 rings (SSSR count). The number of halogens is 2. The minimum absolute atomic E-state index is 0.172. The standard InChI is InChI=1S/C19H20F2N2S/c1-13-4-6-14(7-5-13)19(10-2-3-11-19)23-18(24)22-17-9-8-15(20)12-16(17)21/h4-9,12H,2-3,10-11H2,1H3,(H2,22,23,24). The van der Waals surface area contributed by atoms with E-state index in [4.69, 9.17) is 12.2 Å². The van der Waals surface area contributed by atoms with E-state index in [-0.39, 0.29) is 11.2 Å². The second-order valence-electron chi connectivity index (χ2n) is 6.36. The summed E-state index contributed by atoms with van der Waals surface area (Å²) in [4.78, 5) is 0. The molecule has 2 nitrogen and oxygen atoms in total. The third-order valence-corrected chi connectivity index (χ3v) is 4.80. The van der Waals surface area contributed by atoms with Crippen molar-refractivity contribution in [3.05, 3.63) is 65.2 Å². The van der Waals surface area contributed by atoms with Crippen LogP contribution in [0.1, 0.15) is 36.8 Å². The molecule has 0 aliphatic heterocycles. The van der Waals surface area contributed by atoms with Crippen LogP contribution in [-0.2, 0) is 5.54 Å². The number of nitrogens with one attached hydrogen (secondary N) is 2. The number of hydrogen-bond acceptors (Lipinski definition) is 1. The van der Waals surface area contributed by atoms with E-state index in [0.717, 1.165) is 31.7 Å². The van der Waals surface area contributed by atoms with Crippen molar-refractivity contribution in [1.29, 1.82) is 0 Å². The quantitative estimate of drug-likeness (QED) is 0.762. The first-order valence-electron chi connectivity index (χ1n) is 8.10. The van der Waals surface area contributed by atoms with Crippen molar-refractivity contribution >= 4 is 23.0 Å². The largest absolute Gasteiger partial charge is 0.353 e. The third kappa shape index (κ3) is 3.56. The van der Waals surface area contributed by atoms with E-state index < -0.39 is 11.6 Å². The van der Waals surface area contributed by atoms with Gasteiger partial charge in [0, 0.05) is 6.07 Å². The fraction of sp³-hybridized carbons (Fsp3) is 0.316. The van der Waals surface area contributed by atoms with Gasteiger partial charge >= 0.3 is 0 Å². The highest BCUT2D eigenvalue weighted by Crippen LogP contribution is 2.39. The summed E-state index contributed by atoms with van der Waals surface area (Å²) in [5, 5.41) is 6.58. The summed E-state index contributed by atoms with van der Waals surface area (Å²) in [6.45, 7) is 2.06. The molecule has 0 atom stereocenters. The maximum absolute atomic E-state index is 13.8. The molecule has 1 aliphatic rings. The van der Waals surface area contributed by atoms with Crippen molar-refractivity contribution in [2.75, 3.05) is 5.32 Å². The average molecular weight is 346 g/mol. The first-order chi connectivity index (χ1) is 11.5. The van der Waals surface area contributed by atoms with Crippen molar-refractivity contribution < 1.29 is 8.78 Å². The van der Waals surface area contributed by atoms with E-state index in [1.165, 1.54) is 23.3 Å². The fourth-order valence-electron chi connectivity index (χ4n) is 3.30. The lowest BCUT2D eigenvalue weighted by Crippen LogP contribution is -2.45. The Morgan fingerprint density at radius 3 is 2.33 bits per heavy atom. The number of hydrogen-bond donors (Lipinski definition) is 2. The molecular formula is C19H20F2N2S. The molecule has 1 saturated carbocycles. The number of aryl methyl sites for hydroxylation is 1. The first kappa shape index (κ1) is 16.8. The van der Waals surface area contributed by atoms with Crippen molar-refractivity contribution in [1.82, 2.24) is 5.32 Å². The van der Waals surface area contributed by atoms with Crippen LogP contribution in [0, 0.1) is 18.6 Å². The predicted octanol–water partition coefficient (Wildman–Crippen LogP) is 5.03. The molecular weight excluding hydrogens is 326 g/mol. The molecule has 0 aromatic heterocycles. The maximum atomic E-state index is 13.8. The minimum Gasteiger partial charge on any atom is -0.353 e. The van der Waals surface area contributed by atoms with Gasteiger partial charge in [-0.05, 0) is 49.7 Å². The molecule has 1 fully saturated rings. The van der Waals surface area contributed by atoms with Gasteiger partial charge in [-0.3, -0.25) is 0 Å². The molecule has 0 amide bonds. The molecule has 0 unspecified atom stereocenters. The summed E-state index contributed by atoms with van der Waals surface area (Å²) in [7, 11) is 0. The highest BCUT2D eigenvalue weighted by Gasteiger charge is 2.36. The first-order valence-corrected chi connectivity index (χ1v) is 8.51. The maximum Gasteiger partial charge on any atom is 0.171 e. The van der Waals surface area contributed by atoms with E-state index in [0.29, 0.717) is 5.11 Å². The van der Waals surface area contributed by atoms with E-state index in [1.807, 2.05) is 0 Å². The molecule has 0 heterocycles. The van der Waals surface area contributed by atoms with E-state index >= 15 is 0 Å². The van der Waals surface area contributed by atoms with Gasteiger partial charge < -0.3 is 10.6 Å². The number of benzene rings is 2. The lowest BCUT2D eigenvalue weighted by Gasteiger charge is -2.32. The number of rotatable bonds is 3. The average Bonchev–Trinajstić information content (AvgIpc) is 3.00. The molecule has 0 bridgehead atoms. The lowest BCUT2D eigenvalue weighted by atomic mass is 9.88. The van der Waals surface area contributed by atoms with E-state index in [1.54, 1.807) is 0 Å². The van der Waals surface area contributed by atoms with Crippen LogP contribution in [0.5, 0.6) is 0 Å². The highest BCUT2D eigenvalue weighted by atomic mass is 32.1. The Morgan fingerprint density at radius 2 is 1.71 bits per heavy atom. The summed E-state index contributed by atoms with van der Waals surface area (Å²) in [6.07, 6.45) is 4.19. The van der Waals surface area contributed by atoms with Crippen LogP contribution < -0.4 is 10.6 Å². The Hall–Kier alpha value is -2.01. The molecule has 5 heteroatoms. The Kier molecular flexibility index (Phi) is 4.81. The zero-order valence-electron chi connectivity index (χ0n) is 13.5. The van der Waals surface area contributed by atoms with Gasteiger partial charge in [0.2, 0.25) is 0 Å². The third-order valence-electron chi connectivity index (χ3n) is 4.59. The summed E-state index contributed by atoms with van der Waals surface area (Å²) in [6, 6.07) is 11.8. The number of anilines is 1. The molecule has 126 valence electrons.